The number of rotatable bonds is 5. The van der Waals surface area contributed by atoms with E-state index < -0.39 is 12.7 Å². The molecule has 4 nitrogen and oxygen atoms in total. The number of hydrogen-bond donors (Lipinski definition) is 2. The second kappa shape index (κ2) is 9.64. The zero-order chi connectivity index (χ0) is 14.3. The van der Waals surface area contributed by atoms with Crippen molar-refractivity contribution >= 4 is 29.9 Å². The molecular weight excluding hydrogens is 384 g/mol. The maximum atomic E-state index is 12.3. The van der Waals surface area contributed by atoms with Crippen molar-refractivity contribution in [3.05, 3.63) is 0 Å². The first-order valence-corrected chi connectivity index (χ1v) is 6.78. The van der Waals surface area contributed by atoms with Gasteiger partial charge in [0.2, 0.25) is 0 Å². The number of halogens is 4. The van der Waals surface area contributed by atoms with Crippen LogP contribution in [0.3, 0.4) is 0 Å². The Bertz CT molecular complexity index is 297. The van der Waals surface area contributed by atoms with Crippen LogP contribution in [-0.2, 0) is 0 Å². The number of nitrogens with one attached hydrogen (secondary N) is 2. The lowest BCUT2D eigenvalue weighted by Gasteiger charge is -2.19. The van der Waals surface area contributed by atoms with Crippen molar-refractivity contribution in [1.29, 1.82) is 0 Å². The van der Waals surface area contributed by atoms with E-state index in [1.54, 1.807) is 0 Å². The fourth-order valence-corrected chi connectivity index (χ4v) is 2.08. The lowest BCUT2D eigenvalue weighted by molar-refractivity contribution is -0.143. The highest BCUT2D eigenvalue weighted by molar-refractivity contribution is 14.0. The predicted molar refractivity (Wildman–Crippen MR) is 85.7 cm³/mol. The molecule has 1 aliphatic heterocycles. The Labute approximate surface area is 135 Å². The van der Waals surface area contributed by atoms with Crippen molar-refractivity contribution in [2.45, 2.75) is 38.9 Å². The molecule has 1 rings (SSSR count). The fourth-order valence-electron chi connectivity index (χ4n) is 2.08. The van der Waals surface area contributed by atoms with Gasteiger partial charge in [0, 0.05) is 32.2 Å². The van der Waals surface area contributed by atoms with Crippen molar-refractivity contribution in [1.82, 2.24) is 15.5 Å². The standard InChI is InChI=1S/C12H23F3N4.HI/c1-3-6-17-11(16-4-2)18-10-5-7-19(8-10)9-12(13,14)15;/h10H,3-9H2,1-2H3,(H2,16,17,18);1H. The highest BCUT2D eigenvalue weighted by Gasteiger charge is 2.34. The molecule has 0 aromatic heterocycles. The zero-order valence-electron chi connectivity index (χ0n) is 12.0. The summed E-state index contributed by atoms with van der Waals surface area (Å²) in [6, 6.07) is 0.0389. The van der Waals surface area contributed by atoms with Crippen LogP contribution >= 0.6 is 24.0 Å². The van der Waals surface area contributed by atoms with Crippen LogP contribution in [0.25, 0.3) is 0 Å². The second-order valence-electron chi connectivity index (χ2n) is 4.74. The summed E-state index contributed by atoms with van der Waals surface area (Å²) in [5.41, 5.74) is 0. The largest absolute Gasteiger partial charge is 0.401 e. The molecule has 8 heteroatoms. The number of aliphatic imine (C=N–C) groups is 1. The first kappa shape index (κ1) is 19.8. The van der Waals surface area contributed by atoms with Gasteiger partial charge in [-0.1, -0.05) is 6.92 Å². The molecule has 0 spiro atoms. The molecule has 1 aliphatic rings. The quantitative estimate of drug-likeness (QED) is 0.417. The molecule has 120 valence electrons. The van der Waals surface area contributed by atoms with E-state index in [4.69, 9.17) is 0 Å². The molecule has 0 radical (unpaired) electrons. The Kier molecular flexibility index (Phi) is 9.52. The second-order valence-corrected chi connectivity index (χ2v) is 4.74. The number of hydrogen-bond acceptors (Lipinski definition) is 2. The molecule has 1 atom stereocenters. The molecule has 0 aromatic rings. The molecule has 0 saturated carbocycles. The van der Waals surface area contributed by atoms with Crippen LogP contribution in [-0.4, -0.2) is 55.8 Å². The maximum absolute atomic E-state index is 12.3. The van der Waals surface area contributed by atoms with Gasteiger partial charge in [0.15, 0.2) is 5.96 Å². The molecule has 2 N–H and O–H groups in total. The van der Waals surface area contributed by atoms with E-state index in [0.29, 0.717) is 32.0 Å². The summed E-state index contributed by atoms with van der Waals surface area (Å²) < 4.78 is 36.9. The molecule has 1 saturated heterocycles. The van der Waals surface area contributed by atoms with Gasteiger partial charge < -0.3 is 10.6 Å². The number of likely N-dealkylation sites (tertiary alicyclic amines) is 1. The van der Waals surface area contributed by atoms with Gasteiger partial charge in [0.1, 0.15) is 0 Å². The topological polar surface area (TPSA) is 39.7 Å². The van der Waals surface area contributed by atoms with E-state index in [1.165, 1.54) is 4.90 Å². The molecular formula is C12H24F3IN4. The Morgan fingerprint density at radius 1 is 1.35 bits per heavy atom. The van der Waals surface area contributed by atoms with Crippen molar-refractivity contribution in [3.63, 3.8) is 0 Å². The van der Waals surface area contributed by atoms with Crippen LogP contribution < -0.4 is 10.6 Å². The molecule has 1 fully saturated rings. The van der Waals surface area contributed by atoms with Crippen LogP contribution in [0.15, 0.2) is 4.99 Å². The number of guanidine groups is 1. The SMILES string of the molecule is CCCN=C(NCC)NC1CCN(CC(F)(F)F)C1.I. The lowest BCUT2D eigenvalue weighted by atomic mass is 10.3. The van der Waals surface area contributed by atoms with Gasteiger partial charge in [-0.15, -0.1) is 24.0 Å². The zero-order valence-corrected chi connectivity index (χ0v) is 14.3. The molecule has 1 unspecified atom stereocenters. The van der Waals surface area contributed by atoms with Gasteiger partial charge >= 0.3 is 6.18 Å². The third kappa shape index (κ3) is 8.13. The van der Waals surface area contributed by atoms with Gasteiger partial charge in [-0.25, -0.2) is 0 Å². The lowest BCUT2D eigenvalue weighted by Crippen LogP contribution is -2.45. The third-order valence-corrected chi connectivity index (χ3v) is 2.85. The maximum Gasteiger partial charge on any atom is 0.401 e. The van der Waals surface area contributed by atoms with E-state index in [2.05, 4.69) is 15.6 Å². The minimum Gasteiger partial charge on any atom is -0.357 e. The van der Waals surface area contributed by atoms with Crippen molar-refractivity contribution < 1.29 is 13.2 Å². The Hall–Kier alpha value is -0.250. The summed E-state index contributed by atoms with van der Waals surface area (Å²) in [7, 11) is 0. The van der Waals surface area contributed by atoms with Crippen LogP contribution in [0.1, 0.15) is 26.7 Å². The van der Waals surface area contributed by atoms with E-state index in [0.717, 1.165) is 13.0 Å². The minimum absolute atomic E-state index is 0. The smallest absolute Gasteiger partial charge is 0.357 e. The summed E-state index contributed by atoms with van der Waals surface area (Å²) in [5, 5.41) is 6.30. The summed E-state index contributed by atoms with van der Waals surface area (Å²) in [5.74, 6) is 0.697. The molecule has 0 amide bonds. The van der Waals surface area contributed by atoms with Crippen LogP contribution in [0.4, 0.5) is 13.2 Å². The van der Waals surface area contributed by atoms with E-state index in [9.17, 15) is 13.2 Å². The summed E-state index contributed by atoms with van der Waals surface area (Å²) in [4.78, 5) is 5.78. The number of nitrogens with zero attached hydrogens (tertiary/aromatic N) is 2. The number of alkyl halides is 3. The van der Waals surface area contributed by atoms with Crippen LogP contribution in [0.2, 0.25) is 0 Å². The molecule has 0 aromatic carbocycles. The van der Waals surface area contributed by atoms with Crippen LogP contribution in [0, 0.1) is 0 Å². The third-order valence-electron chi connectivity index (χ3n) is 2.85. The molecule has 1 heterocycles. The van der Waals surface area contributed by atoms with Gasteiger partial charge in [0.25, 0.3) is 0 Å². The monoisotopic (exact) mass is 408 g/mol. The highest BCUT2D eigenvalue weighted by atomic mass is 127. The molecule has 20 heavy (non-hydrogen) atoms. The van der Waals surface area contributed by atoms with Gasteiger partial charge in [0.05, 0.1) is 6.54 Å². The average Bonchev–Trinajstić information content (AvgIpc) is 2.71. The first-order chi connectivity index (χ1) is 8.94. The van der Waals surface area contributed by atoms with Gasteiger partial charge in [-0.3, -0.25) is 9.89 Å². The van der Waals surface area contributed by atoms with E-state index in [-0.39, 0.29) is 30.0 Å². The normalized spacial score (nSPS) is 20.6. The van der Waals surface area contributed by atoms with Gasteiger partial charge in [-0.05, 0) is 19.8 Å². The minimum atomic E-state index is -4.12. The Morgan fingerprint density at radius 2 is 2.05 bits per heavy atom. The average molecular weight is 408 g/mol. The first-order valence-electron chi connectivity index (χ1n) is 6.78. The molecule has 0 bridgehead atoms. The highest BCUT2D eigenvalue weighted by Crippen LogP contribution is 2.19. The predicted octanol–water partition coefficient (Wildman–Crippen LogP) is 2.21. The van der Waals surface area contributed by atoms with Crippen molar-refractivity contribution in [2.75, 3.05) is 32.7 Å². The Morgan fingerprint density at radius 3 is 2.60 bits per heavy atom. The van der Waals surface area contributed by atoms with Crippen molar-refractivity contribution in [3.8, 4) is 0 Å². The van der Waals surface area contributed by atoms with Crippen LogP contribution in [0.5, 0.6) is 0 Å². The van der Waals surface area contributed by atoms with Gasteiger partial charge in [-0.2, -0.15) is 13.2 Å². The van der Waals surface area contributed by atoms with E-state index in [1.807, 2.05) is 13.8 Å². The Balaban J connectivity index is 0.00000361. The summed E-state index contributed by atoms with van der Waals surface area (Å²) in [6.45, 7) is 5.53. The molecule has 0 aliphatic carbocycles. The van der Waals surface area contributed by atoms with E-state index >= 15 is 0 Å². The van der Waals surface area contributed by atoms with Crippen molar-refractivity contribution in [2.24, 2.45) is 4.99 Å². The summed E-state index contributed by atoms with van der Waals surface area (Å²) in [6.07, 6.45) is -2.45. The summed E-state index contributed by atoms with van der Waals surface area (Å²) >= 11 is 0. The fraction of sp³-hybridized carbons (Fsp3) is 0.917.